The van der Waals surface area contributed by atoms with Crippen LogP contribution in [0.3, 0.4) is 0 Å². The van der Waals surface area contributed by atoms with E-state index >= 15 is 0 Å². The van der Waals surface area contributed by atoms with Crippen LogP contribution in [0.25, 0.3) is 0 Å². The predicted molar refractivity (Wildman–Crippen MR) is 98.3 cm³/mol. The lowest BCUT2D eigenvalue weighted by Crippen LogP contribution is -2.25. The van der Waals surface area contributed by atoms with Crippen molar-refractivity contribution >= 4 is 27.5 Å². The van der Waals surface area contributed by atoms with E-state index in [1.807, 2.05) is 0 Å². The molecular formula is C18H36BrCl. The summed E-state index contributed by atoms with van der Waals surface area (Å²) in [6, 6.07) is 0. The van der Waals surface area contributed by atoms with Crippen molar-refractivity contribution in [3.8, 4) is 0 Å². The molecule has 2 atom stereocenters. The number of unbranched alkanes of at least 4 members (excludes halogenated alkanes) is 8. The Morgan fingerprint density at radius 1 is 0.900 bits per heavy atom. The monoisotopic (exact) mass is 366 g/mol. The van der Waals surface area contributed by atoms with Crippen LogP contribution in [-0.2, 0) is 0 Å². The van der Waals surface area contributed by atoms with Gasteiger partial charge >= 0.3 is 0 Å². The molecule has 0 nitrogen and oxygen atoms in total. The molecule has 20 heavy (non-hydrogen) atoms. The van der Waals surface area contributed by atoms with Crippen LogP contribution in [-0.4, -0.2) is 10.2 Å². The summed E-state index contributed by atoms with van der Waals surface area (Å²) >= 11 is 9.70. The fourth-order valence-electron chi connectivity index (χ4n) is 2.70. The van der Waals surface area contributed by atoms with Crippen LogP contribution in [0.2, 0.25) is 0 Å². The first-order valence-electron chi connectivity index (χ1n) is 8.79. The third kappa shape index (κ3) is 11.4. The molecule has 122 valence electrons. The van der Waals surface area contributed by atoms with Crippen molar-refractivity contribution in [1.29, 1.82) is 0 Å². The highest BCUT2D eigenvalue weighted by molar-refractivity contribution is 9.10. The Kier molecular flexibility index (Phi) is 14.0. The van der Waals surface area contributed by atoms with E-state index in [9.17, 15) is 0 Å². The molecule has 0 aromatic carbocycles. The fraction of sp³-hybridized carbons (Fsp3) is 1.00. The van der Waals surface area contributed by atoms with Gasteiger partial charge in [0, 0.05) is 10.2 Å². The van der Waals surface area contributed by atoms with Crippen LogP contribution in [0.15, 0.2) is 0 Å². The molecule has 0 radical (unpaired) electrons. The van der Waals surface area contributed by atoms with Crippen molar-refractivity contribution in [2.75, 3.05) is 5.88 Å². The second-order valence-corrected chi connectivity index (χ2v) is 8.78. The zero-order chi connectivity index (χ0) is 15.3. The van der Waals surface area contributed by atoms with Gasteiger partial charge in [-0.1, -0.05) is 87.6 Å². The molecule has 0 fully saturated rings. The smallest absolute Gasteiger partial charge is 0.0255 e. The second kappa shape index (κ2) is 13.4. The van der Waals surface area contributed by atoms with Gasteiger partial charge in [-0.15, -0.1) is 11.6 Å². The molecule has 0 amide bonds. The van der Waals surface area contributed by atoms with Crippen LogP contribution in [0.5, 0.6) is 0 Å². The van der Waals surface area contributed by atoms with Crippen LogP contribution >= 0.6 is 27.5 Å². The summed E-state index contributed by atoms with van der Waals surface area (Å²) in [5.41, 5.74) is 0. The predicted octanol–water partition coefficient (Wildman–Crippen LogP) is 7.72. The van der Waals surface area contributed by atoms with E-state index in [2.05, 4.69) is 36.7 Å². The highest BCUT2D eigenvalue weighted by Gasteiger charge is 2.26. The minimum Gasteiger partial charge on any atom is -0.127 e. The van der Waals surface area contributed by atoms with E-state index in [-0.39, 0.29) is 0 Å². The van der Waals surface area contributed by atoms with Crippen LogP contribution in [0.1, 0.15) is 97.8 Å². The minimum atomic E-state index is 0.306. The van der Waals surface area contributed by atoms with Crippen molar-refractivity contribution < 1.29 is 0 Å². The van der Waals surface area contributed by atoms with Crippen LogP contribution in [0.4, 0.5) is 0 Å². The third-order valence-electron chi connectivity index (χ3n) is 4.57. The van der Waals surface area contributed by atoms with Gasteiger partial charge in [0.1, 0.15) is 0 Å². The van der Waals surface area contributed by atoms with Crippen molar-refractivity contribution in [3.63, 3.8) is 0 Å². The highest BCUT2D eigenvalue weighted by Crippen LogP contribution is 2.35. The summed E-state index contributed by atoms with van der Waals surface area (Å²) in [5.74, 6) is 1.56. The molecule has 0 N–H and O–H groups in total. The summed E-state index contributed by atoms with van der Waals surface area (Å²) in [5, 5.41) is 0. The lowest BCUT2D eigenvalue weighted by Gasteiger charge is -2.30. The van der Waals surface area contributed by atoms with Gasteiger partial charge in [-0.25, -0.2) is 0 Å². The van der Waals surface area contributed by atoms with Crippen LogP contribution in [0, 0.1) is 5.92 Å². The molecule has 0 saturated heterocycles. The minimum absolute atomic E-state index is 0.306. The van der Waals surface area contributed by atoms with E-state index < -0.39 is 0 Å². The summed E-state index contributed by atoms with van der Waals surface area (Å²) in [4.78, 5) is 0. The topological polar surface area (TPSA) is 0 Å². The Bertz CT molecular complexity index is 204. The van der Waals surface area contributed by atoms with Gasteiger partial charge in [-0.2, -0.15) is 0 Å². The van der Waals surface area contributed by atoms with Crippen molar-refractivity contribution in [1.82, 2.24) is 0 Å². The van der Waals surface area contributed by atoms with Gasteiger partial charge in [0.05, 0.1) is 0 Å². The average Bonchev–Trinajstić information content (AvgIpc) is 2.41. The maximum absolute atomic E-state index is 5.76. The molecule has 0 aliphatic heterocycles. The quantitative estimate of drug-likeness (QED) is 0.218. The Balaban J connectivity index is 3.53. The second-order valence-electron chi connectivity index (χ2n) is 6.59. The number of hydrogen-bond acceptors (Lipinski definition) is 0. The van der Waals surface area contributed by atoms with Crippen molar-refractivity contribution in [2.24, 2.45) is 5.92 Å². The van der Waals surface area contributed by atoms with Gasteiger partial charge in [0.15, 0.2) is 0 Å². The summed E-state index contributed by atoms with van der Waals surface area (Å²) in [6.45, 7) is 7.04. The highest BCUT2D eigenvalue weighted by atomic mass is 79.9. The maximum Gasteiger partial charge on any atom is 0.0255 e. The zero-order valence-electron chi connectivity index (χ0n) is 14.0. The molecule has 0 heterocycles. The number of hydrogen-bond donors (Lipinski definition) is 0. The number of alkyl halides is 2. The van der Waals surface area contributed by atoms with E-state index in [0.717, 1.165) is 18.2 Å². The Hall–Kier alpha value is 0.770. The summed E-state index contributed by atoms with van der Waals surface area (Å²) in [6.07, 6.45) is 16.3. The molecule has 2 unspecified atom stereocenters. The molecule has 0 aliphatic carbocycles. The number of halogens is 2. The molecular weight excluding hydrogens is 332 g/mol. The van der Waals surface area contributed by atoms with Gasteiger partial charge in [-0.3, -0.25) is 0 Å². The Morgan fingerprint density at radius 3 is 2.00 bits per heavy atom. The molecule has 0 rings (SSSR count). The first kappa shape index (κ1) is 20.8. The molecule has 0 spiro atoms. The fourth-order valence-corrected chi connectivity index (χ4v) is 3.40. The SMILES string of the molecule is CCCCCCCCCCC(C)C(C)(Br)CCCCCl. The van der Waals surface area contributed by atoms with E-state index in [4.69, 9.17) is 11.6 Å². The molecule has 0 bridgehead atoms. The van der Waals surface area contributed by atoms with Gasteiger partial charge in [-0.05, 0) is 32.1 Å². The maximum atomic E-state index is 5.76. The number of rotatable bonds is 14. The largest absolute Gasteiger partial charge is 0.127 e. The first-order chi connectivity index (χ1) is 9.54. The van der Waals surface area contributed by atoms with Crippen molar-refractivity contribution in [3.05, 3.63) is 0 Å². The first-order valence-corrected chi connectivity index (χ1v) is 10.1. The normalized spacial score (nSPS) is 16.1. The Labute approximate surface area is 141 Å². The van der Waals surface area contributed by atoms with Crippen LogP contribution < -0.4 is 0 Å². The lowest BCUT2D eigenvalue weighted by molar-refractivity contribution is 0.369. The third-order valence-corrected chi connectivity index (χ3v) is 6.01. The van der Waals surface area contributed by atoms with E-state index in [1.165, 1.54) is 70.6 Å². The van der Waals surface area contributed by atoms with Gasteiger partial charge < -0.3 is 0 Å². The Morgan fingerprint density at radius 2 is 1.45 bits per heavy atom. The van der Waals surface area contributed by atoms with E-state index in [0.29, 0.717) is 4.32 Å². The molecule has 0 aliphatic rings. The zero-order valence-corrected chi connectivity index (χ0v) is 16.4. The molecule has 0 saturated carbocycles. The lowest BCUT2D eigenvalue weighted by atomic mass is 9.86. The molecule has 0 aromatic heterocycles. The average molecular weight is 368 g/mol. The summed E-state index contributed by atoms with van der Waals surface area (Å²) in [7, 11) is 0. The van der Waals surface area contributed by atoms with Crippen molar-refractivity contribution in [2.45, 2.75) is 102 Å². The van der Waals surface area contributed by atoms with Gasteiger partial charge in [0.25, 0.3) is 0 Å². The summed E-state index contributed by atoms with van der Waals surface area (Å²) < 4.78 is 0.306. The standard InChI is InChI=1S/C18H36BrCl/c1-4-5-6-7-8-9-10-11-14-17(2)18(3,19)15-12-13-16-20/h17H,4-16H2,1-3H3. The molecule has 2 heteroatoms. The van der Waals surface area contributed by atoms with Gasteiger partial charge in [0.2, 0.25) is 0 Å². The molecule has 0 aromatic rings. The van der Waals surface area contributed by atoms with E-state index in [1.54, 1.807) is 0 Å².